The van der Waals surface area contributed by atoms with Gasteiger partial charge in [0.15, 0.2) is 4.96 Å². The van der Waals surface area contributed by atoms with Crippen LogP contribution in [0.25, 0.3) is 11.0 Å². The number of rotatable bonds is 3. The number of carbonyl (C=O) groups excluding carboxylic acids is 1. The number of carbonyl (C=O) groups is 1. The van der Waals surface area contributed by atoms with Crippen molar-refractivity contribution in [3.05, 3.63) is 58.8 Å². The number of halogens is 1. The number of benzene rings is 1. The monoisotopic (exact) mass is 303 g/mol. The minimum atomic E-state index is -0.197. The Balaban J connectivity index is 1.71. The molecule has 1 amide bonds. The maximum atomic E-state index is 11.8. The highest BCUT2D eigenvalue weighted by Crippen LogP contribution is 2.15. The molecule has 1 N–H and O–H groups in total. The quantitative estimate of drug-likeness (QED) is 0.750. The van der Waals surface area contributed by atoms with Crippen LogP contribution >= 0.6 is 22.9 Å². The Morgan fingerprint density at radius 2 is 2.15 bits per heavy atom. The van der Waals surface area contributed by atoms with E-state index in [1.807, 2.05) is 16.0 Å². The predicted molar refractivity (Wildman–Crippen MR) is 82.2 cm³/mol. The maximum Gasteiger partial charge on any atom is 0.248 e. The minimum absolute atomic E-state index is 0.197. The van der Waals surface area contributed by atoms with E-state index in [0.717, 1.165) is 10.7 Å². The second kappa shape index (κ2) is 5.48. The first kappa shape index (κ1) is 12.9. The molecular formula is C14H10ClN3OS. The fourth-order valence-corrected chi connectivity index (χ4v) is 2.57. The summed E-state index contributed by atoms with van der Waals surface area (Å²) in [4.78, 5) is 16.9. The number of thiazole rings is 1. The second-order valence-electron chi connectivity index (χ2n) is 4.07. The van der Waals surface area contributed by atoms with Crippen LogP contribution in [0.1, 0.15) is 5.69 Å². The van der Waals surface area contributed by atoms with Gasteiger partial charge in [0.2, 0.25) is 5.91 Å². The Labute approximate surface area is 124 Å². The lowest BCUT2D eigenvalue weighted by Crippen LogP contribution is -2.07. The number of hydrogen-bond donors (Lipinski definition) is 1. The van der Waals surface area contributed by atoms with Crippen molar-refractivity contribution in [1.29, 1.82) is 0 Å². The van der Waals surface area contributed by atoms with Crippen LogP contribution in [0, 0.1) is 0 Å². The van der Waals surface area contributed by atoms with Crippen molar-refractivity contribution in [3.8, 4) is 0 Å². The zero-order valence-corrected chi connectivity index (χ0v) is 11.9. The molecule has 0 spiro atoms. The Kier molecular flexibility index (Phi) is 3.54. The first-order chi connectivity index (χ1) is 9.72. The Hall–Kier alpha value is -2.11. The summed E-state index contributed by atoms with van der Waals surface area (Å²) < 4.78 is 1.93. The standard InChI is InChI=1S/C14H10ClN3OS/c15-10-1-3-11(4-2-10)17-13(19)6-5-12-9-16-14-18(12)7-8-20-14/h1-9H,(H,17,19)/b6-5+. The minimum Gasteiger partial charge on any atom is -0.323 e. The average molecular weight is 304 g/mol. The van der Waals surface area contributed by atoms with Gasteiger partial charge in [-0.2, -0.15) is 0 Å². The van der Waals surface area contributed by atoms with Crippen LogP contribution in [0.3, 0.4) is 0 Å². The van der Waals surface area contributed by atoms with E-state index in [2.05, 4.69) is 10.3 Å². The maximum absolute atomic E-state index is 11.8. The molecule has 100 valence electrons. The van der Waals surface area contributed by atoms with Gasteiger partial charge in [-0.25, -0.2) is 4.98 Å². The SMILES string of the molecule is O=C(/C=C/c1cnc2sccn12)Nc1ccc(Cl)cc1. The highest BCUT2D eigenvalue weighted by atomic mass is 35.5. The normalized spacial score (nSPS) is 11.2. The predicted octanol–water partition coefficient (Wildman–Crippen LogP) is 3.70. The molecule has 2 aromatic heterocycles. The third kappa shape index (κ3) is 2.74. The fourth-order valence-electron chi connectivity index (χ4n) is 1.75. The Bertz CT molecular complexity index is 773. The summed E-state index contributed by atoms with van der Waals surface area (Å²) in [7, 11) is 0. The Morgan fingerprint density at radius 3 is 2.95 bits per heavy atom. The first-order valence-corrected chi connectivity index (χ1v) is 7.13. The third-order valence-corrected chi connectivity index (χ3v) is 3.71. The van der Waals surface area contributed by atoms with Gasteiger partial charge >= 0.3 is 0 Å². The van der Waals surface area contributed by atoms with Gasteiger partial charge in [0.05, 0.1) is 11.9 Å². The zero-order chi connectivity index (χ0) is 13.9. The number of fused-ring (bicyclic) bond motifs is 1. The van der Waals surface area contributed by atoms with Gasteiger partial charge in [-0.15, -0.1) is 11.3 Å². The smallest absolute Gasteiger partial charge is 0.248 e. The van der Waals surface area contributed by atoms with Crippen molar-refractivity contribution in [2.45, 2.75) is 0 Å². The third-order valence-electron chi connectivity index (χ3n) is 2.69. The van der Waals surface area contributed by atoms with Crippen LogP contribution in [0.4, 0.5) is 5.69 Å². The molecule has 0 saturated heterocycles. The van der Waals surface area contributed by atoms with Gasteiger partial charge in [0.1, 0.15) is 0 Å². The van der Waals surface area contributed by atoms with E-state index in [1.165, 1.54) is 6.08 Å². The topological polar surface area (TPSA) is 46.4 Å². The van der Waals surface area contributed by atoms with E-state index in [0.29, 0.717) is 10.7 Å². The molecule has 0 radical (unpaired) electrons. The molecule has 0 fully saturated rings. The molecule has 0 saturated carbocycles. The fraction of sp³-hybridized carbons (Fsp3) is 0. The molecule has 0 aliphatic carbocycles. The molecule has 4 nitrogen and oxygen atoms in total. The van der Waals surface area contributed by atoms with Crippen molar-refractivity contribution < 1.29 is 4.79 Å². The lowest BCUT2D eigenvalue weighted by Gasteiger charge is -2.01. The van der Waals surface area contributed by atoms with E-state index >= 15 is 0 Å². The lowest BCUT2D eigenvalue weighted by atomic mass is 10.3. The van der Waals surface area contributed by atoms with Gasteiger partial charge in [-0.3, -0.25) is 9.20 Å². The van der Waals surface area contributed by atoms with E-state index in [1.54, 1.807) is 47.9 Å². The molecule has 0 unspecified atom stereocenters. The van der Waals surface area contributed by atoms with Gasteiger partial charge in [-0.05, 0) is 30.3 Å². The zero-order valence-electron chi connectivity index (χ0n) is 10.3. The highest BCUT2D eigenvalue weighted by molar-refractivity contribution is 7.15. The molecule has 0 aliphatic heterocycles. The van der Waals surface area contributed by atoms with Crippen LogP contribution in [0.15, 0.2) is 48.1 Å². The number of amides is 1. The molecule has 0 aliphatic rings. The number of imidazole rings is 1. The van der Waals surface area contributed by atoms with Crippen LogP contribution in [-0.4, -0.2) is 15.3 Å². The van der Waals surface area contributed by atoms with E-state index in [-0.39, 0.29) is 5.91 Å². The van der Waals surface area contributed by atoms with Crippen LogP contribution in [-0.2, 0) is 4.79 Å². The number of anilines is 1. The van der Waals surface area contributed by atoms with Crippen LogP contribution in [0.2, 0.25) is 5.02 Å². The van der Waals surface area contributed by atoms with E-state index in [4.69, 9.17) is 11.6 Å². The van der Waals surface area contributed by atoms with E-state index < -0.39 is 0 Å². The van der Waals surface area contributed by atoms with Crippen molar-refractivity contribution in [3.63, 3.8) is 0 Å². The molecule has 1 aromatic carbocycles. The van der Waals surface area contributed by atoms with Crippen molar-refractivity contribution in [2.75, 3.05) is 5.32 Å². The second-order valence-corrected chi connectivity index (χ2v) is 5.38. The largest absolute Gasteiger partial charge is 0.323 e. The van der Waals surface area contributed by atoms with E-state index in [9.17, 15) is 4.79 Å². The summed E-state index contributed by atoms with van der Waals surface area (Å²) >= 11 is 7.34. The molecular weight excluding hydrogens is 294 g/mol. The summed E-state index contributed by atoms with van der Waals surface area (Å²) in [6, 6.07) is 6.97. The summed E-state index contributed by atoms with van der Waals surface area (Å²) in [6.07, 6.45) is 6.87. The van der Waals surface area contributed by atoms with Gasteiger partial charge < -0.3 is 5.32 Å². The molecule has 3 rings (SSSR count). The summed E-state index contributed by atoms with van der Waals surface area (Å²) in [5.41, 5.74) is 1.57. The molecule has 2 heterocycles. The van der Waals surface area contributed by atoms with Gasteiger partial charge in [0, 0.05) is 28.4 Å². The number of nitrogens with zero attached hydrogens (tertiary/aromatic N) is 2. The lowest BCUT2D eigenvalue weighted by molar-refractivity contribution is -0.111. The summed E-state index contributed by atoms with van der Waals surface area (Å²) in [5.74, 6) is -0.197. The highest BCUT2D eigenvalue weighted by Gasteiger charge is 2.02. The molecule has 6 heteroatoms. The summed E-state index contributed by atoms with van der Waals surface area (Å²) in [6.45, 7) is 0. The first-order valence-electron chi connectivity index (χ1n) is 5.87. The van der Waals surface area contributed by atoms with Crippen LogP contribution in [0.5, 0.6) is 0 Å². The molecule has 0 atom stereocenters. The number of hydrogen-bond acceptors (Lipinski definition) is 3. The number of nitrogens with one attached hydrogen (secondary N) is 1. The van der Waals surface area contributed by atoms with Crippen molar-refractivity contribution in [1.82, 2.24) is 9.38 Å². The van der Waals surface area contributed by atoms with Crippen LogP contribution < -0.4 is 5.32 Å². The van der Waals surface area contributed by atoms with Gasteiger partial charge in [-0.1, -0.05) is 11.6 Å². The van der Waals surface area contributed by atoms with Gasteiger partial charge in [0.25, 0.3) is 0 Å². The van der Waals surface area contributed by atoms with Crippen molar-refractivity contribution in [2.24, 2.45) is 0 Å². The molecule has 0 bridgehead atoms. The van der Waals surface area contributed by atoms with Crippen molar-refractivity contribution >= 4 is 45.6 Å². The number of aromatic nitrogens is 2. The molecule has 20 heavy (non-hydrogen) atoms. The Morgan fingerprint density at radius 1 is 1.35 bits per heavy atom. The summed E-state index contributed by atoms with van der Waals surface area (Å²) in [5, 5.41) is 5.35. The molecule has 3 aromatic rings. The average Bonchev–Trinajstić information content (AvgIpc) is 3.02.